The molecule has 0 radical (unpaired) electrons. The first-order chi connectivity index (χ1) is 10.3. The second-order valence-electron chi connectivity index (χ2n) is 5.98. The molecule has 0 aromatic carbocycles. The van der Waals surface area contributed by atoms with Crippen LogP contribution in [0.1, 0.15) is 46.8 Å². The van der Waals surface area contributed by atoms with Gasteiger partial charge in [-0.05, 0) is 25.8 Å². The Bertz CT molecular complexity index is 508. The van der Waals surface area contributed by atoms with Crippen LogP contribution in [0.2, 0.25) is 0 Å². The molecular formula is C17H27NO3S. The summed E-state index contributed by atoms with van der Waals surface area (Å²) in [5.41, 5.74) is 0.766. The van der Waals surface area contributed by atoms with Crippen molar-refractivity contribution in [3.05, 3.63) is 21.4 Å². The lowest BCUT2D eigenvalue weighted by Gasteiger charge is -2.24. The van der Waals surface area contributed by atoms with E-state index in [1.54, 1.807) is 23.3 Å². The molecule has 0 bridgehead atoms. The summed E-state index contributed by atoms with van der Waals surface area (Å²) in [6.45, 7) is 9.91. The lowest BCUT2D eigenvalue weighted by atomic mass is 10.1. The van der Waals surface area contributed by atoms with Gasteiger partial charge in [0.25, 0.3) is 0 Å². The quantitative estimate of drug-likeness (QED) is 0.653. The van der Waals surface area contributed by atoms with Gasteiger partial charge in [-0.15, -0.1) is 11.3 Å². The maximum atomic E-state index is 12.3. The van der Waals surface area contributed by atoms with Crippen LogP contribution < -0.4 is 0 Å². The molecule has 0 aliphatic rings. The molecule has 0 saturated heterocycles. The Morgan fingerprint density at radius 2 is 1.95 bits per heavy atom. The second kappa shape index (κ2) is 9.06. The highest BCUT2D eigenvalue weighted by atomic mass is 32.1. The summed E-state index contributed by atoms with van der Waals surface area (Å²) < 4.78 is 5.06. The first-order valence-electron chi connectivity index (χ1n) is 7.72. The van der Waals surface area contributed by atoms with Crippen LogP contribution in [0.4, 0.5) is 0 Å². The second-order valence-corrected chi connectivity index (χ2v) is 7.44. The van der Waals surface area contributed by atoms with Gasteiger partial charge in [0.05, 0.1) is 6.61 Å². The van der Waals surface area contributed by atoms with Crippen molar-refractivity contribution in [2.45, 2.75) is 40.5 Å². The molecule has 22 heavy (non-hydrogen) atoms. The zero-order valence-electron chi connectivity index (χ0n) is 14.3. The summed E-state index contributed by atoms with van der Waals surface area (Å²) in [5.74, 6) is 0.494. The average Bonchev–Trinajstić information content (AvgIpc) is 2.79. The van der Waals surface area contributed by atoms with Crippen LogP contribution in [-0.4, -0.2) is 43.4 Å². The zero-order chi connectivity index (χ0) is 16.7. The predicted molar refractivity (Wildman–Crippen MR) is 90.7 cm³/mol. The van der Waals surface area contributed by atoms with Gasteiger partial charge in [0.1, 0.15) is 0 Å². The number of amides is 1. The summed E-state index contributed by atoms with van der Waals surface area (Å²) in [5, 5.41) is 0. The fourth-order valence-corrected chi connectivity index (χ4v) is 3.32. The average molecular weight is 325 g/mol. The van der Waals surface area contributed by atoms with Crippen molar-refractivity contribution in [2.24, 2.45) is 5.92 Å². The number of hydrogen-bond donors (Lipinski definition) is 0. The van der Waals surface area contributed by atoms with E-state index in [4.69, 9.17) is 4.74 Å². The van der Waals surface area contributed by atoms with Crippen molar-refractivity contribution < 1.29 is 14.3 Å². The van der Waals surface area contributed by atoms with Gasteiger partial charge in [-0.3, -0.25) is 9.59 Å². The number of carbonyl (C=O) groups is 2. The third-order valence-electron chi connectivity index (χ3n) is 3.41. The zero-order valence-corrected chi connectivity index (χ0v) is 15.1. The summed E-state index contributed by atoms with van der Waals surface area (Å²) in [6.07, 6.45) is 0.543. The highest BCUT2D eigenvalue weighted by molar-refractivity contribution is 7.12. The van der Waals surface area contributed by atoms with E-state index >= 15 is 0 Å². The highest BCUT2D eigenvalue weighted by Crippen LogP contribution is 2.22. The third-order valence-corrected chi connectivity index (χ3v) is 4.38. The van der Waals surface area contributed by atoms with Gasteiger partial charge in [0.15, 0.2) is 5.78 Å². The molecule has 1 heterocycles. The molecule has 0 N–H and O–H groups in total. The number of Topliss-reactive ketones (excluding diaryl/α,β-unsaturated/α-hetero) is 1. The third kappa shape index (κ3) is 5.89. The molecule has 124 valence electrons. The van der Waals surface area contributed by atoms with Crippen molar-refractivity contribution in [2.75, 3.05) is 26.8 Å². The number of carbonyl (C=O) groups excluding carboxylic acids is 2. The Hall–Kier alpha value is -1.20. The first kappa shape index (κ1) is 18.8. The summed E-state index contributed by atoms with van der Waals surface area (Å²) in [7, 11) is 1.63. The Morgan fingerprint density at radius 3 is 2.45 bits per heavy atom. The minimum Gasteiger partial charge on any atom is -0.383 e. The number of ketones is 1. The number of rotatable bonds is 9. The van der Waals surface area contributed by atoms with Gasteiger partial charge in [0.2, 0.25) is 5.91 Å². The fraction of sp³-hybridized carbons (Fsp3) is 0.647. The van der Waals surface area contributed by atoms with E-state index in [0.29, 0.717) is 25.6 Å². The van der Waals surface area contributed by atoms with E-state index in [1.165, 1.54) is 0 Å². The predicted octanol–water partition coefficient (Wildman–Crippen LogP) is 3.46. The molecule has 1 rings (SSSR count). The molecule has 1 amide bonds. The van der Waals surface area contributed by atoms with Crippen LogP contribution >= 0.6 is 11.3 Å². The van der Waals surface area contributed by atoms with E-state index in [2.05, 4.69) is 13.8 Å². The largest absolute Gasteiger partial charge is 0.383 e. The maximum absolute atomic E-state index is 12.3. The molecule has 1 aromatic rings. The van der Waals surface area contributed by atoms with Crippen LogP contribution in [0.3, 0.4) is 0 Å². The molecule has 0 spiro atoms. The van der Waals surface area contributed by atoms with E-state index < -0.39 is 0 Å². The first-order valence-corrected chi connectivity index (χ1v) is 8.53. The summed E-state index contributed by atoms with van der Waals surface area (Å²) in [4.78, 5) is 28.6. The Kier molecular flexibility index (Phi) is 7.76. The Balaban J connectivity index is 2.58. The number of aryl methyl sites for hydroxylation is 2. The highest BCUT2D eigenvalue weighted by Gasteiger charge is 2.18. The van der Waals surface area contributed by atoms with Crippen LogP contribution in [0.5, 0.6) is 0 Å². The Morgan fingerprint density at radius 1 is 1.27 bits per heavy atom. The molecule has 0 fully saturated rings. The lowest BCUT2D eigenvalue weighted by molar-refractivity contribution is -0.132. The minimum atomic E-state index is 0.0312. The summed E-state index contributed by atoms with van der Waals surface area (Å²) in [6, 6.07) is 1.92. The van der Waals surface area contributed by atoms with Crippen molar-refractivity contribution in [1.29, 1.82) is 0 Å². The van der Waals surface area contributed by atoms with Crippen LogP contribution in [0, 0.1) is 19.8 Å². The van der Waals surface area contributed by atoms with Crippen molar-refractivity contribution >= 4 is 23.0 Å². The van der Waals surface area contributed by atoms with Crippen molar-refractivity contribution in [3.63, 3.8) is 0 Å². The number of methoxy groups -OCH3 is 1. The number of thiophene rings is 1. The Labute approximate surface area is 137 Å². The molecular weight excluding hydrogens is 298 g/mol. The van der Waals surface area contributed by atoms with Crippen molar-refractivity contribution in [3.8, 4) is 0 Å². The van der Waals surface area contributed by atoms with Crippen LogP contribution in [-0.2, 0) is 9.53 Å². The number of ether oxygens (including phenoxy) is 1. The van der Waals surface area contributed by atoms with Gasteiger partial charge < -0.3 is 9.64 Å². The molecule has 0 aliphatic heterocycles. The van der Waals surface area contributed by atoms with Gasteiger partial charge in [-0.1, -0.05) is 13.8 Å². The number of hydrogen-bond acceptors (Lipinski definition) is 4. The van der Waals surface area contributed by atoms with Crippen molar-refractivity contribution in [1.82, 2.24) is 4.90 Å². The standard InChI is InChI=1S/C17H27NO3S/c1-12(2)11-18(8-9-21-5)17(20)7-6-16(19)15-10-13(3)22-14(15)4/h10,12H,6-9,11H2,1-5H3. The van der Waals surface area contributed by atoms with Gasteiger partial charge in [-0.2, -0.15) is 0 Å². The van der Waals surface area contributed by atoms with E-state index in [9.17, 15) is 9.59 Å². The normalized spacial score (nSPS) is 11.0. The van der Waals surface area contributed by atoms with Gasteiger partial charge in [-0.25, -0.2) is 0 Å². The maximum Gasteiger partial charge on any atom is 0.223 e. The molecule has 0 saturated carbocycles. The summed E-state index contributed by atoms with van der Waals surface area (Å²) >= 11 is 1.62. The molecule has 1 aromatic heterocycles. The molecule has 5 heteroatoms. The van der Waals surface area contributed by atoms with E-state index in [0.717, 1.165) is 15.3 Å². The van der Waals surface area contributed by atoms with Gasteiger partial charge >= 0.3 is 0 Å². The molecule has 0 aliphatic carbocycles. The lowest BCUT2D eigenvalue weighted by Crippen LogP contribution is -2.36. The SMILES string of the molecule is COCCN(CC(C)C)C(=O)CCC(=O)c1cc(C)sc1C. The monoisotopic (exact) mass is 325 g/mol. The molecule has 4 nitrogen and oxygen atoms in total. The molecule has 0 unspecified atom stereocenters. The number of nitrogens with zero attached hydrogens (tertiary/aromatic N) is 1. The van der Waals surface area contributed by atoms with E-state index in [1.807, 2.05) is 19.9 Å². The minimum absolute atomic E-state index is 0.0312. The molecule has 0 atom stereocenters. The van der Waals surface area contributed by atoms with Crippen LogP contribution in [0.15, 0.2) is 6.07 Å². The fourth-order valence-electron chi connectivity index (χ4n) is 2.38. The van der Waals surface area contributed by atoms with Crippen LogP contribution in [0.25, 0.3) is 0 Å². The topological polar surface area (TPSA) is 46.6 Å². The smallest absolute Gasteiger partial charge is 0.223 e. The van der Waals surface area contributed by atoms with E-state index in [-0.39, 0.29) is 24.5 Å². The van der Waals surface area contributed by atoms with Gasteiger partial charge in [0, 0.05) is 48.4 Å².